The first kappa shape index (κ1) is 19.8. The summed E-state index contributed by atoms with van der Waals surface area (Å²) in [5.74, 6) is 0.0395. The summed E-state index contributed by atoms with van der Waals surface area (Å²) in [6, 6.07) is 7.23. The van der Waals surface area contributed by atoms with Crippen molar-refractivity contribution in [3.63, 3.8) is 0 Å². The molecule has 26 heavy (non-hydrogen) atoms. The zero-order valence-electron chi connectivity index (χ0n) is 14.3. The van der Waals surface area contributed by atoms with Gasteiger partial charge in [0, 0.05) is 5.56 Å². The van der Waals surface area contributed by atoms with Gasteiger partial charge in [0.2, 0.25) is 0 Å². The Morgan fingerprint density at radius 1 is 1.19 bits per heavy atom. The summed E-state index contributed by atoms with van der Waals surface area (Å²) in [6.07, 6.45) is -4.67. The molecule has 0 aliphatic rings. The van der Waals surface area contributed by atoms with Gasteiger partial charge < -0.3 is 19.7 Å². The third kappa shape index (κ3) is 4.36. The lowest BCUT2D eigenvalue weighted by atomic mass is 9.91. The van der Waals surface area contributed by atoms with Crippen LogP contribution in [0, 0.1) is 13.8 Å². The van der Waals surface area contributed by atoms with Crippen LogP contribution >= 0.6 is 0 Å². The van der Waals surface area contributed by atoms with E-state index < -0.39 is 19.1 Å². The van der Waals surface area contributed by atoms with Gasteiger partial charge in [0.25, 0.3) is 0 Å². The maximum absolute atomic E-state index is 12.3. The lowest BCUT2D eigenvalue weighted by Gasteiger charge is -2.21. The third-order valence-corrected chi connectivity index (χ3v) is 3.88. The highest BCUT2D eigenvalue weighted by Gasteiger charge is 2.31. The zero-order chi connectivity index (χ0) is 19.5. The van der Waals surface area contributed by atoms with Crippen molar-refractivity contribution >= 4 is 0 Å². The van der Waals surface area contributed by atoms with Gasteiger partial charge in [-0.25, -0.2) is 0 Å². The number of halogens is 3. The van der Waals surface area contributed by atoms with Gasteiger partial charge in [-0.3, -0.25) is 0 Å². The number of aliphatic hydroxyl groups excluding tert-OH is 2. The van der Waals surface area contributed by atoms with Crippen molar-refractivity contribution in [3.05, 3.63) is 59.9 Å². The van der Waals surface area contributed by atoms with E-state index in [1.165, 1.54) is 30.5 Å². The predicted octanol–water partition coefficient (Wildman–Crippen LogP) is 4.42. The summed E-state index contributed by atoms with van der Waals surface area (Å²) in [5.41, 5.74) is 3.12. The Balaban J connectivity index is 2.51. The van der Waals surface area contributed by atoms with Gasteiger partial charge in [0.1, 0.15) is 17.6 Å². The summed E-state index contributed by atoms with van der Waals surface area (Å²) < 4.78 is 46.2. The maximum atomic E-state index is 12.3. The van der Waals surface area contributed by atoms with Crippen molar-refractivity contribution in [1.29, 1.82) is 0 Å². The molecule has 7 heteroatoms. The van der Waals surface area contributed by atoms with Crippen LogP contribution in [0.1, 0.15) is 22.8 Å². The smallest absolute Gasteiger partial charge is 0.465 e. The lowest BCUT2D eigenvalue weighted by molar-refractivity contribution is -0.274. The molecule has 0 saturated carbocycles. The van der Waals surface area contributed by atoms with Crippen LogP contribution < -0.4 is 9.47 Å². The van der Waals surface area contributed by atoms with E-state index in [-0.39, 0.29) is 5.75 Å². The normalized spacial score (nSPS) is 12.6. The molecule has 0 spiro atoms. The van der Waals surface area contributed by atoms with Crippen LogP contribution in [0.5, 0.6) is 11.5 Å². The van der Waals surface area contributed by atoms with Crippen LogP contribution in [0.15, 0.2) is 43.2 Å². The first-order valence-electron chi connectivity index (χ1n) is 7.74. The molecule has 0 radical (unpaired) electrons. The average Bonchev–Trinajstić information content (AvgIpc) is 2.57. The Morgan fingerprint density at radius 2 is 1.81 bits per heavy atom. The Labute approximate surface area is 149 Å². The minimum absolute atomic E-state index is 0.314. The predicted molar refractivity (Wildman–Crippen MR) is 90.9 cm³/mol. The fourth-order valence-corrected chi connectivity index (χ4v) is 2.78. The second-order valence-corrected chi connectivity index (χ2v) is 5.66. The molecule has 1 unspecified atom stereocenters. The summed E-state index contributed by atoms with van der Waals surface area (Å²) in [5, 5.41) is 19.3. The van der Waals surface area contributed by atoms with Crippen molar-refractivity contribution in [3.8, 4) is 22.6 Å². The Bertz CT molecular complexity index is 783. The molecule has 1 atom stereocenters. The van der Waals surface area contributed by atoms with Crippen LogP contribution in [0.3, 0.4) is 0 Å². The first-order chi connectivity index (χ1) is 12.2. The molecule has 2 rings (SSSR count). The second-order valence-electron chi connectivity index (χ2n) is 5.66. The maximum Gasteiger partial charge on any atom is 0.573 e. The largest absolute Gasteiger partial charge is 0.573 e. The van der Waals surface area contributed by atoms with E-state index in [2.05, 4.69) is 11.3 Å². The van der Waals surface area contributed by atoms with E-state index in [1.807, 2.05) is 0 Å². The molecule has 0 bridgehead atoms. The summed E-state index contributed by atoms with van der Waals surface area (Å²) in [7, 11) is 0. The number of hydrogen-bond acceptors (Lipinski definition) is 4. The highest BCUT2D eigenvalue weighted by atomic mass is 19.4. The van der Waals surface area contributed by atoms with Gasteiger partial charge in [-0.15, -0.1) is 13.2 Å². The molecule has 2 aromatic rings. The summed E-state index contributed by atoms with van der Waals surface area (Å²) >= 11 is 0. The van der Waals surface area contributed by atoms with Gasteiger partial charge in [0.15, 0.2) is 0 Å². The SMILES string of the molecule is C=COc1c(C)c(-c2ccc(OC(F)(F)F)cc2)cc(C)c1C(O)CO. The van der Waals surface area contributed by atoms with Crippen molar-refractivity contribution in [2.45, 2.75) is 26.3 Å². The Kier molecular flexibility index (Phi) is 5.94. The number of alkyl halides is 3. The topological polar surface area (TPSA) is 58.9 Å². The van der Waals surface area contributed by atoms with Crippen LogP contribution in [0.25, 0.3) is 11.1 Å². The number of ether oxygens (including phenoxy) is 2. The standard InChI is InChI=1S/C19H19F3O4/c1-4-25-18-12(3)15(9-11(2)17(18)16(24)10-23)13-5-7-14(8-6-13)26-19(20,21)22/h4-9,16,23-24H,1,10H2,2-3H3. The molecular weight excluding hydrogens is 349 g/mol. The molecule has 2 N–H and O–H groups in total. The molecular formula is C19H19F3O4. The molecule has 0 aliphatic carbocycles. The fraction of sp³-hybridized carbons (Fsp3) is 0.263. The van der Waals surface area contributed by atoms with Gasteiger partial charge in [-0.2, -0.15) is 0 Å². The van der Waals surface area contributed by atoms with Gasteiger partial charge >= 0.3 is 6.36 Å². The molecule has 4 nitrogen and oxygen atoms in total. The quantitative estimate of drug-likeness (QED) is 0.741. The Morgan fingerprint density at radius 3 is 2.31 bits per heavy atom. The minimum Gasteiger partial charge on any atom is -0.465 e. The van der Waals surface area contributed by atoms with Crippen LogP contribution in [0.2, 0.25) is 0 Å². The molecule has 0 aromatic heterocycles. The van der Waals surface area contributed by atoms with Crippen molar-refractivity contribution in [2.75, 3.05) is 6.61 Å². The van der Waals surface area contributed by atoms with E-state index in [0.29, 0.717) is 33.6 Å². The van der Waals surface area contributed by atoms with Crippen molar-refractivity contribution in [2.24, 2.45) is 0 Å². The number of hydrogen-bond donors (Lipinski definition) is 2. The molecule has 0 heterocycles. The van der Waals surface area contributed by atoms with Crippen LogP contribution in [0.4, 0.5) is 13.2 Å². The fourth-order valence-electron chi connectivity index (χ4n) is 2.78. The first-order valence-corrected chi connectivity index (χ1v) is 7.74. The highest BCUT2D eigenvalue weighted by molar-refractivity contribution is 5.73. The zero-order valence-corrected chi connectivity index (χ0v) is 14.3. The molecule has 2 aromatic carbocycles. The molecule has 0 amide bonds. The van der Waals surface area contributed by atoms with E-state index in [1.54, 1.807) is 19.9 Å². The molecule has 0 saturated heterocycles. The number of aliphatic hydroxyl groups is 2. The molecule has 0 fully saturated rings. The van der Waals surface area contributed by atoms with E-state index in [9.17, 15) is 23.4 Å². The average molecular weight is 368 g/mol. The van der Waals surface area contributed by atoms with Gasteiger partial charge in [-0.1, -0.05) is 24.8 Å². The van der Waals surface area contributed by atoms with Gasteiger partial charge in [0.05, 0.1) is 12.9 Å². The van der Waals surface area contributed by atoms with Crippen molar-refractivity contribution < 1.29 is 32.9 Å². The molecule has 0 aliphatic heterocycles. The monoisotopic (exact) mass is 368 g/mol. The summed E-state index contributed by atoms with van der Waals surface area (Å²) in [6.45, 7) is 6.53. The van der Waals surface area contributed by atoms with E-state index in [4.69, 9.17) is 4.74 Å². The Hall–Kier alpha value is -2.51. The van der Waals surface area contributed by atoms with Crippen LogP contribution in [-0.4, -0.2) is 23.2 Å². The highest BCUT2D eigenvalue weighted by Crippen LogP contribution is 2.39. The number of benzene rings is 2. The minimum atomic E-state index is -4.75. The van der Waals surface area contributed by atoms with Crippen LogP contribution in [-0.2, 0) is 0 Å². The number of aryl methyl sites for hydroxylation is 1. The van der Waals surface area contributed by atoms with Crippen molar-refractivity contribution in [1.82, 2.24) is 0 Å². The third-order valence-electron chi connectivity index (χ3n) is 3.88. The summed E-state index contributed by atoms with van der Waals surface area (Å²) in [4.78, 5) is 0. The van der Waals surface area contributed by atoms with Gasteiger partial charge in [-0.05, 0) is 48.2 Å². The molecule has 140 valence electrons. The second kappa shape index (κ2) is 7.80. The number of rotatable bonds is 6. The lowest BCUT2D eigenvalue weighted by Crippen LogP contribution is -2.16. The van der Waals surface area contributed by atoms with E-state index in [0.717, 1.165) is 0 Å². The van der Waals surface area contributed by atoms with E-state index >= 15 is 0 Å².